The number of nitrogens with one attached hydrogen (secondary N) is 1. The standard InChI is InChI=1S/C14H15NO5/c1-9(13(17)18)10(2)15-12(16)14(19)20-8-11-6-4-3-5-7-11/h3-7H,8H2,1-2H3,(H,15,16)(H,17,18)/b10-9+. The van der Waals surface area contributed by atoms with Crippen molar-refractivity contribution < 1.29 is 24.2 Å². The Kier molecular flexibility index (Phi) is 5.46. The van der Waals surface area contributed by atoms with Crippen LogP contribution in [0.2, 0.25) is 0 Å². The van der Waals surface area contributed by atoms with Gasteiger partial charge in [-0.1, -0.05) is 30.3 Å². The Morgan fingerprint density at radius 3 is 2.30 bits per heavy atom. The average molecular weight is 277 g/mol. The Bertz CT molecular complexity index is 548. The van der Waals surface area contributed by atoms with Crippen molar-refractivity contribution in [2.45, 2.75) is 20.5 Å². The first-order valence-electron chi connectivity index (χ1n) is 5.84. The second-order valence-corrected chi connectivity index (χ2v) is 4.07. The molecule has 0 aromatic heterocycles. The van der Waals surface area contributed by atoms with Gasteiger partial charge in [-0.2, -0.15) is 0 Å². The lowest BCUT2D eigenvalue weighted by molar-refractivity contribution is -0.155. The SMILES string of the molecule is C/C(NC(=O)C(=O)OCc1ccccc1)=C(/C)C(=O)O. The number of carboxylic acid groups (broad SMARTS) is 1. The van der Waals surface area contributed by atoms with E-state index in [2.05, 4.69) is 5.32 Å². The number of esters is 1. The third kappa shape index (κ3) is 4.56. The van der Waals surface area contributed by atoms with Crippen molar-refractivity contribution in [3.63, 3.8) is 0 Å². The van der Waals surface area contributed by atoms with Gasteiger partial charge in [-0.3, -0.25) is 4.79 Å². The molecule has 0 radical (unpaired) electrons. The van der Waals surface area contributed by atoms with E-state index in [9.17, 15) is 14.4 Å². The van der Waals surface area contributed by atoms with Crippen molar-refractivity contribution in [2.24, 2.45) is 0 Å². The first-order valence-corrected chi connectivity index (χ1v) is 5.84. The zero-order valence-electron chi connectivity index (χ0n) is 11.2. The molecule has 20 heavy (non-hydrogen) atoms. The highest BCUT2D eigenvalue weighted by Gasteiger charge is 2.17. The first kappa shape index (κ1) is 15.4. The Balaban J connectivity index is 2.54. The largest absolute Gasteiger partial charge is 0.478 e. The third-order valence-corrected chi connectivity index (χ3v) is 2.58. The van der Waals surface area contributed by atoms with Crippen LogP contribution in [0.25, 0.3) is 0 Å². The summed E-state index contributed by atoms with van der Waals surface area (Å²) < 4.78 is 4.81. The summed E-state index contributed by atoms with van der Waals surface area (Å²) in [5.41, 5.74) is 0.802. The van der Waals surface area contributed by atoms with Gasteiger partial charge in [0.1, 0.15) is 6.61 Å². The number of aliphatic carboxylic acids is 1. The number of hydrogen-bond acceptors (Lipinski definition) is 4. The van der Waals surface area contributed by atoms with Crippen LogP contribution in [0.4, 0.5) is 0 Å². The number of carboxylic acids is 1. The Labute approximate surface area is 116 Å². The quantitative estimate of drug-likeness (QED) is 0.490. The molecule has 0 spiro atoms. The van der Waals surface area contributed by atoms with Gasteiger partial charge in [-0.05, 0) is 19.4 Å². The van der Waals surface area contributed by atoms with E-state index in [-0.39, 0.29) is 17.9 Å². The highest BCUT2D eigenvalue weighted by molar-refractivity contribution is 6.32. The van der Waals surface area contributed by atoms with Crippen LogP contribution in [0.5, 0.6) is 0 Å². The van der Waals surface area contributed by atoms with Crippen molar-refractivity contribution in [3.05, 3.63) is 47.2 Å². The predicted molar refractivity (Wildman–Crippen MR) is 70.4 cm³/mol. The molecule has 0 bridgehead atoms. The minimum absolute atomic E-state index is 0.0201. The van der Waals surface area contributed by atoms with Gasteiger partial charge in [0.2, 0.25) is 0 Å². The number of carbonyl (C=O) groups is 3. The van der Waals surface area contributed by atoms with E-state index in [1.807, 2.05) is 6.07 Å². The number of amides is 1. The molecule has 106 valence electrons. The van der Waals surface area contributed by atoms with Crippen LogP contribution in [0.1, 0.15) is 19.4 Å². The molecule has 0 aliphatic carbocycles. The minimum atomic E-state index is -1.17. The van der Waals surface area contributed by atoms with Gasteiger partial charge in [0.05, 0.1) is 5.57 Å². The van der Waals surface area contributed by atoms with E-state index in [0.29, 0.717) is 0 Å². The molecule has 2 N–H and O–H groups in total. The topological polar surface area (TPSA) is 92.7 Å². The van der Waals surface area contributed by atoms with Crippen LogP contribution >= 0.6 is 0 Å². The molecule has 1 aromatic carbocycles. The van der Waals surface area contributed by atoms with Crippen molar-refractivity contribution in [1.82, 2.24) is 5.32 Å². The van der Waals surface area contributed by atoms with E-state index < -0.39 is 17.8 Å². The van der Waals surface area contributed by atoms with Gasteiger partial charge in [-0.15, -0.1) is 0 Å². The average Bonchev–Trinajstić information content (AvgIpc) is 2.44. The zero-order valence-corrected chi connectivity index (χ0v) is 11.2. The van der Waals surface area contributed by atoms with Crippen LogP contribution in [-0.2, 0) is 25.7 Å². The smallest absolute Gasteiger partial charge is 0.397 e. The summed E-state index contributed by atoms with van der Waals surface area (Å²) in [7, 11) is 0. The van der Waals surface area contributed by atoms with Gasteiger partial charge in [0.25, 0.3) is 0 Å². The predicted octanol–water partition coefficient (Wildman–Crippen LogP) is 1.22. The number of benzene rings is 1. The fourth-order valence-electron chi connectivity index (χ4n) is 1.26. The molecule has 1 amide bonds. The summed E-state index contributed by atoms with van der Waals surface area (Å²) in [5.74, 6) is -3.23. The number of hydrogen-bond donors (Lipinski definition) is 2. The first-order chi connectivity index (χ1) is 9.41. The molecule has 0 saturated heterocycles. The molecule has 0 fully saturated rings. The lowest BCUT2D eigenvalue weighted by Crippen LogP contribution is -2.32. The molecule has 6 heteroatoms. The molecule has 6 nitrogen and oxygen atoms in total. The fraction of sp³-hybridized carbons (Fsp3) is 0.214. The molecule has 0 atom stereocenters. The summed E-state index contributed by atoms with van der Waals surface area (Å²) >= 11 is 0. The lowest BCUT2D eigenvalue weighted by Gasteiger charge is -2.07. The number of rotatable bonds is 4. The highest BCUT2D eigenvalue weighted by Crippen LogP contribution is 2.02. The highest BCUT2D eigenvalue weighted by atomic mass is 16.5. The van der Waals surface area contributed by atoms with Gasteiger partial charge < -0.3 is 15.2 Å². The summed E-state index contributed by atoms with van der Waals surface area (Å²) in [6.07, 6.45) is 0. The molecule has 0 saturated carbocycles. The van der Waals surface area contributed by atoms with Crippen molar-refractivity contribution in [2.75, 3.05) is 0 Å². The summed E-state index contributed by atoms with van der Waals surface area (Å²) in [5, 5.41) is 10.9. The van der Waals surface area contributed by atoms with Crippen molar-refractivity contribution >= 4 is 17.8 Å². The second-order valence-electron chi connectivity index (χ2n) is 4.07. The van der Waals surface area contributed by atoms with E-state index in [1.54, 1.807) is 24.3 Å². The Morgan fingerprint density at radius 2 is 1.75 bits per heavy atom. The van der Waals surface area contributed by atoms with Crippen LogP contribution in [0.3, 0.4) is 0 Å². The van der Waals surface area contributed by atoms with Crippen LogP contribution in [0.15, 0.2) is 41.6 Å². The second kappa shape index (κ2) is 7.08. The molecular weight excluding hydrogens is 262 g/mol. The number of allylic oxidation sites excluding steroid dienone is 1. The lowest BCUT2D eigenvalue weighted by atomic mass is 10.2. The van der Waals surface area contributed by atoms with Crippen LogP contribution in [-0.4, -0.2) is 23.0 Å². The maximum absolute atomic E-state index is 11.5. The monoisotopic (exact) mass is 277 g/mol. The van der Waals surface area contributed by atoms with E-state index in [1.165, 1.54) is 13.8 Å². The van der Waals surface area contributed by atoms with Crippen molar-refractivity contribution in [3.8, 4) is 0 Å². The summed E-state index contributed by atoms with van der Waals surface area (Å²) in [6.45, 7) is 2.70. The van der Waals surface area contributed by atoms with Gasteiger partial charge in [0, 0.05) is 5.70 Å². The summed E-state index contributed by atoms with van der Waals surface area (Å²) in [6, 6.07) is 8.90. The minimum Gasteiger partial charge on any atom is -0.478 e. The maximum atomic E-state index is 11.5. The van der Waals surface area contributed by atoms with Crippen LogP contribution in [0, 0.1) is 0 Å². The van der Waals surface area contributed by atoms with Gasteiger partial charge in [-0.25, -0.2) is 9.59 Å². The van der Waals surface area contributed by atoms with Gasteiger partial charge in [0.15, 0.2) is 0 Å². The molecule has 0 aliphatic heterocycles. The van der Waals surface area contributed by atoms with Gasteiger partial charge >= 0.3 is 17.8 Å². The molecule has 1 aromatic rings. The van der Waals surface area contributed by atoms with E-state index >= 15 is 0 Å². The molecule has 1 rings (SSSR count). The molecule has 0 aliphatic rings. The summed E-state index contributed by atoms with van der Waals surface area (Å²) in [4.78, 5) is 33.6. The van der Waals surface area contributed by atoms with Crippen molar-refractivity contribution in [1.29, 1.82) is 0 Å². The molecule has 0 heterocycles. The Hall–Kier alpha value is -2.63. The van der Waals surface area contributed by atoms with E-state index in [4.69, 9.17) is 9.84 Å². The Morgan fingerprint density at radius 1 is 1.15 bits per heavy atom. The fourth-order valence-corrected chi connectivity index (χ4v) is 1.26. The zero-order chi connectivity index (χ0) is 15.1. The third-order valence-electron chi connectivity index (χ3n) is 2.58. The van der Waals surface area contributed by atoms with E-state index in [0.717, 1.165) is 5.56 Å². The normalized spacial score (nSPS) is 11.3. The number of carbonyl (C=O) groups excluding carboxylic acids is 2. The molecule has 0 unspecified atom stereocenters. The maximum Gasteiger partial charge on any atom is 0.397 e. The number of ether oxygens (including phenoxy) is 1. The molecular formula is C14H15NO5. The van der Waals surface area contributed by atoms with Crippen LogP contribution < -0.4 is 5.32 Å².